The zero-order valence-corrected chi connectivity index (χ0v) is 18.4. The number of thiophene rings is 1. The molecule has 3 aromatic rings. The number of carbonyl (C=O) groups excluding carboxylic acids is 1. The van der Waals surface area contributed by atoms with Gasteiger partial charge in [-0.1, -0.05) is 54.1 Å². The molecule has 30 heavy (non-hydrogen) atoms. The summed E-state index contributed by atoms with van der Waals surface area (Å²) in [5, 5.41) is 17.2. The first kappa shape index (κ1) is 21.1. The summed E-state index contributed by atoms with van der Waals surface area (Å²) in [5.74, 6) is -0.179. The monoisotopic (exact) mass is 440 g/mol. The molecular formula is C24H25ClN2O2S. The third-order valence-electron chi connectivity index (χ3n) is 5.77. The highest BCUT2D eigenvalue weighted by atomic mass is 35.5. The van der Waals surface area contributed by atoms with Crippen molar-refractivity contribution in [3.8, 4) is 0 Å². The molecule has 1 fully saturated rings. The molecule has 1 aliphatic rings. The topological polar surface area (TPSA) is 52.6 Å². The van der Waals surface area contributed by atoms with E-state index in [0.717, 1.165) is 15.5 Å². The lowest BCUT2D eigenvalue weighted by atomic mass is 9.81. The second-order valence-electron chi connectivity index (χ2n) is 7.95. The van der Waals surface area contributed by atoms with Gasteiger partial charge in [0.15, 0.2) is 0 Å². The van der Waals surface area contributed by atoms with Crippen LogP contribution in [-0.2, 0) is 6.54 Å². The van der Waals surface area contributed by atoms with Gasteiger partial charge in [-0.2, -0.15) is 0 Å². The number of rotatable bonds is 5. The molecule has 0 spiro atoms. The van der Waals surface area contributed by atoms with Crippen molar-refractivity contribution in [3.05, 3.63) is 93.1 Å². The van der Waals surface area contributed by atoms with Gasteiger partial charge >= 0.3 is 0 Å². The highest BCUT2D eigenvalue weighted by Crippen LogP contribution is 2.40. The summed E-state index contributed by atoms with van der Waals surface area (Å²) < 4.78 is 0. The van der Waals surface area contributed by atoms with Gasteiger partial charge in [0.2, 0.25) is 0 Å². The molecule has 0 radical (unpaired) electrons. The van der Waals surface area contributed by atoms with Crippen LogP contribution >= 0.6 is 22.9 Å². The maximum atomic E-state index is 13.0. The molecule has 2 N–H and O–H groups in total. The van der Waals surface area contributed by atoms with Crippen molar-refractivity contribution in [1.82, 2.24) is 10.2 Å². The number of hydrogen-bond donors (Lipinski definition) is 2. The van der Waals surface area contributed by atoms with Gasteiger partial charge < -0.3 is 10.4 Å². The lowest BCUT2D eigenvalue weighted by Crippen LogP contribution is -2.62. The van der Waals surface area contributed by atoms with Crippen molar-refractivity contribution < 1.29 is 9.90 Å². The van der Waals surface area contributed by atoms with E-state index in [4.69, 9.17) is 11.6 Å². The van der Waals surface area contributed by atoms with Crippen LogP contribution in [0.4, 0.5) is 0 Å². The minimum atomic E-state index is -1.03. The molecule has 3 atom stereocenters. The molecule has 1 aromatic heterocycles. The summed E-state index contributed by atoms with van der Waals surface area (Å²) in [7, 11) is 0. The van der Waals surface area contributed by atoms with E-state index >= 15 is 0 Å². The summed E-state index contributed by atoms with van der Waals surface area (Å²) in [6.45, 7) is 3.17. The molecule has 6 heteroatoms. The molecule has 4 rings (SSSR count). The third-order valence-corrected chi connectivity index (χ3v) is 7.08. The largest absolute Gasteiger partial charge is 0.388 e. The average Bonchev–Trinajstić information content (AvgIpc) is 3.27. The Labute approximate surface area is 186 Å². The van der Waals surface area contributed by atoms with Crippen LogP contribution in [0.25, 0.3) is 0 Å². The zero-order chi connectivity index (χ0) is 21.1. The standard InChI is InChI=1S/C24H25ClN2O2S/c1-24(29)13-14-27(16-18-10-5-6-11-19(18)25)21(20-12-7-15-30-20)22(24)26-23(28)17-8-3-2-4-9-17/h2-12,15,21-22,29H,13-14,16H2,1H3,(H,26,28). The Kier molecular flexibility index (Phi) is 6.25. The molecule has 4 nitrogen and oxygen atoms in total. The highest BCUT2D eigenvalue weighted by Gasteiger charge is 2.46. The summed E-state index contributed by atoms with van der Waals surface area (Å²) in [6, 6.07) is 20.4. The maximum Gasteiger partial charge on any atom is 0.251 e. The van der Waals surface area contributed by atoms with E-state index in [9.17, 15) is 9.90 Å². The van der Waals surface area contributed by atoms with Crippen LogP contribution in [0.2, 0.25) is 5.02 Å². The molecule has 1 aliphatic heterocycles. The SMILES string of the molecule is CC1(O)CCN(Cc2ccccc2Cl)C(c2cccs2)C1NC(=O)c1ccccc1. The van der Waals surface area contributed by atoms with Crippen LogP contribution in [0.3, 0.4) is 0 Å². The Bertz CT molecular complexity index is 991. The number of piperidine rings is 1. The van der Waals surface area contributed by atoms with Gasteiger partial charge in [-0.05, 0) is 48.6 Å². The molecule has 2 heterocycles. The fourth-order valence-electron chi connectivity index (χ4n) is 4.09. The van der Waals surface area contributed by atoms with E-state index in [-0.39, 0.29) is 11.9 Å². The Morgan fingerprint density at radius 3 is 2.60 bits per heavy atom. The fourth-order valence-corrected chi connectivity index (χ4v) is 5.18. The fraction of sp³-hybridized carbons (Fsp3) is 0.292. The minimum absolute atomic E-state index is 0.155. The van der Waals surface area contributed by atoms with E-state index in [1.807, 2.05) is 60.8 Å². The van der Waals surface area contributed by atoms with Gasteiger partial charge in [-0.15, -0.1) is 11.3 Å². The molecule has 3 unspecified atom stereocenters. The van der Waals surface area contributed by atoms with E-state index in [1.54, 1.807) is 23.5 Å². The summed E-state index contributed by atoms with van der Waals surface area (Å²) in [4.78, 5) is 16.4. The number of nitrogens with one attached hydrogen (secondary N) is 1. The first-order chi connectivity index (χ1) is 14.5. The zero-order valence-electron chi connectivity index (χ0n) is 16.8. The lowest BCUT2D eigenvalue weighted by molar-refractivity contribution is -0.0656. The van der Waals surface area contributed by atoms with Crippen LogP contribution in [-0.4, -0.2) is 34.1 Å². The molecule has 2 aromatic carbocycles. The average molecular weight is 441 g/mol. The van der Waals surface area contributed by atoms with Gasteiger partial charge in [0.1, 0.15) is 0 Å². The highest BCUT2D eigenvalue weighted by molar-refractivity contribution is 7.10. The second-order valence-corrected chi connectivity index (χ2v) is 9.33. The van der Waals surface area contributed by atoms with Crippen molar-refractivity contribution in [1.29, 1.82) is 0 Å². The van der Waals surface area contributed by atoms with Crippen molar-refractivity contribution in [3.63, 3.8) is 0 Å². The quantitative estimate of drug-likeness (QED) is 0.593. The molecule has 1 amide bonds. The first-order valence-corrected chi connectivity index (χ1v) is 11.3. The van der Waals surface area contributed by atoms with Gasteiger partial charge in [0, 0.05) is 28.6 Å². The van der Waals surface area contributed by atoms with Gasteiger partial charge in [0.05, 0.1) is 17.7 Å². The Morgan fingerprint density at radius 1 is 1.17 bits per heavy atom. The maximum absolute atomic E-state index is 13.0. The number of nitrogens with zero attached hydrogens (tertiary/aromatic N) is 1. The Hall–Kier alpha value is -2.18. The number of carbonyl (C=O) groups is 1. The second kappa shape index (κ2) is 8.90. The number of hydrogen-bond acceptors (Lipinski definition) is 4. The molecule has 0 bridgehead atoms. The van der Waals surface area contributed by atoms with Crippen LogP contribution in [0.5, 0.6) is 0 Å². The smallest absolute Gasteiger partial charge is 0.251 e. The number of likely N-dealkylation sites (tertiary alicyclic amines) is 1. The number of halogens is 1. The summed E-state index contributed by atoms with van der Waals surface area (Å²) >= 11 is 8.07. The Balaban J connectivity index is 1.67. The molecule has 1 saturated heterocycles. The van der Waals surface area contributed by atoms with Crippen LogP contribution in [0.1, 0.15) is 40.2 Å². The summed E-state index contributed by atoms with van der Waals surface area (Å²) in [6.07, 6.45) is 0.555. The third kappa shape index (κ3) is 4.44. The Morgan fingerprint density at radius 2 is 1.90 bits per heavy atom. The van der Waals surface area contributed by atoms with Crippen molar-refractivity contribution in [2.24, 2.45) is 0 Å². The minimum Gasteiger partial charge on any atom is -0.388 e. The first-order valence-electron chi connectivity index (χ1n) is 10.0. The van der Waals surface area contributed by atoms with Crippen LogP contribution in [0.15, 0.2) is 72.1 Å². The molecule has 0 aliphatic carbocycles. The molecule has 0 saturated carbocycles. The van der Waals surface area contributed by atoms with Crippen molar-refractivity contribution >= 4 is 28.8 Å². The van der Waals surface area contributed by atoms with Gasteiger partial charge in [0.25, 0.3) is 5.91 Å². The van der Waals surface area contributed by atoms with Gasteiger partial charge in [-0.25, -0.2) is 0 Å². The normalized spacial score (nSPS) is 24.5. The van der Waals surface area contributed by atoms with Crippen molar-refractivity contribution in [2.75, 3.05) is 6.54 Å². The van der Waals surface area contributed by atoms with Crippen molar-refractivity contribution in [2.45, 2.75) is 37.6 Å². The van der Waals surface area contributed by atoms with Crippen LogP contribution < -0.4 is 5.32 Å². The molecule has 156 valence electrons. The number of benzene rings is 2. The molecular weight excluding hydrogens is 416 g/mol. The predicted molar refractivity (Wildman–Crippen MR) is 122 cm³/mol. The van der Waals surface area contributed by atoms with E-state index in [0.29, 0.717) is 25.1 Å². The van der Waals surface area contributed by atoms with E-state index < -0.39 is 11.6 Å². The van der Waals surface area contributed by atoms with Gasteiger partial charge in [-0.3, -0.25) is 9.69 Å². The van der Waals surface area contributed by atoms with Crippen LogP contribution in [0, 0.1) is 0 Å². The number of aliphatic hydroxyl groups is 1. The summed E-state index contributed by atoms with van der Waals surface area (Å²) in [5.41, 5.74) is 0.590. The van der Waals surface area contributed by atoms with E-state index in [2.05, 4.69) is 16.3 Å². The lowest BCUT2D eigenvalue weighted by Gasteiger charge is -2.48. The number of amides is 1. The van der Waals surface area contributed by atoms with E-state index in [1.165, 1.54) is 0 Å². The predicted octanol–water partition coefficient (Wildman–Crippen LogP) is 4.90.